The van der Waals surface area contributed by atoms with E-state index in [2.05, 4.69) is 18.9 Å². The van der Waals surface area contributed by atoms with E-state index in [-0.39, 0.29) is 5.91 Å². The van der Waals surface area contributed by atoms with Crippen molar-refractivity contribution in [3.8, 4) is 0 Å². The normalized spacial score (nSPS) is 16.8. The SMILES string of the molecule is CCOP(=S)(NC(=O)CC)SC(C)CC. The van der Waals surface area contributed by atoms with E-state index in [0.29, 0.717) is 18.3 Å². The highest BCUT2D eigenvalue weighted by Crippen LogP contribution is 2.58. The number of amides is 1. The lowest BCUT2D eigenvalue weighted by molar-refractivity contribution is -0.119. The van der Waals surface area contributed by atoms with Crippen molar-refractivity contribution in [2.24, 2.45) is 0 Å². The molecule has 0 radical (unpaired) electrons. The number of hydrogen-bond donors (Lipinski definition) is 1. The zero-order valence-corrected chi connectivity index (χ0v) is 12.3. The van der Waals surface area contributed by atoms with Gasteiger partial charge in [-0.05, 0) is 25.2 Å². The van der Waals surface area contributed by atoms with Gasteiger partial charge in [0.05, 0.1) is 6.61 Å². The molecule has 3 nitrogen and oxygen atoms in total. The van der Waals surface area contributed by atoms with Gasteiger partial charge in [-0.1, -0.05) is 32.2 Å². The molecule has 0 aromatic heterocycles. The Morgan fingerprint density at radius 1 is 1.53 bits per heavy atom. The van der Waals surface area contributed by atoms with Crippen LogP contribution in [0.3, 0.4) is 0 Å². The number of rotatable bonds is 7. The van der Waals surface area contributed by atoms with Gasteiger partial charge in [0.25, 0.3) is 0 Å². The Labute approximate surface area is 102 Å². The van der Waals surface area contributed by atoms with Crippen molar-refractivity contribution in [1.82, 2.24) is 5.09 Å². The van der Waals surface area contributed by atoms with Crippen molar-refractivity contribution >= 4 is 34.7 Å². The molecule has 0 aromatic rings. The van der Waals surface area contributed by atoms with Crippen molar-refractivity contribution in [1.29, 1.82) is 0 Å². The van der Waals surface area contributed by atoms with Crippen LogP contribution in [0.25, 0.3) is 0 Å². The average molecular weight is 269 g/mol. The molecule has 0 bridgehead atoms. The topological polar surface area (TPSA) is 38.3 Å². The van der Waals surface area contributed by atoms with Crippen LogP contribution in [0.2, 0.25) is 0 Å². The summed E-state index contributed by atoms with van der Waals surface area (Å²) in [5.41, 5.74) is -2.21. The van der Waals surface area contributed by atoms with Crippen LogP contribution in [-0.2, 0) is 21.1 Å². The smallest absolute Gasteiger partial charge is 0.225 e. The Hall–Kier alpha value is 0.430. The van der Waals surface area contributed by atoms with Crippen molar-refractivity contribution in [3.05, 3.63) is 0 Å². The fourth-order valence-corrected chi connectivity index (χ4v) is 7.18. The van der Waals surface area contributed by atoms with Crippen LogP contribution in [-0.4, -0.2) is 17.8 Å². The first-order valence-electron chi connectivity index (χ1n) is 5.21. The first-order valence-corrected chi connectivity index (χ1v) is 9.42. The monoisotopic (exact) mass is 269 g/mol. The van der Waals surface area contributed by atoms with Crippen LogP contribution >= 0.6 is 17.0 Å². The van der Waals surface area contributed by atoms with Gasteiger partial charge in [0, 0.05) is 11.7 Å². The molecule has 0 saturated carbocycles. The third-order valence-electron chi connectivity index (χ3n) is 1.78. The lowest BCUT2D eigenvalue weighted by Gasteiger charge is -2.24. The second-order valence-electron chi connectivity index (χ2n) is 3.13. The molecular formula is C9H20NO2PS2. The zero-order valence-electron chi connectivity index (χ0n) is 9.78. The first kappa shape index (κ1) is 15.4. The van der Waals surface area contributed by atoms with Gasteiger partial charge in [0.1, 0.15) is 0 Å². The second kappa shape index (κ2) is 7.66. The van der Waals surface area contributed by atoms with Crippen molar-refractivity contribution in [3.63, 3.8) is 0 Å². The largest absolute Gasteiger partial charge is 0.327 e. The van der Waals surface area contributed by atoms with Gasteiger partial charge < -0.3 is 4.52 Å². The molecule has 2 atom stereocenters. The van der Waals surface area contributed by atoms with Gasteiger partial charge in [0.2, 0.25) is 11.5 Å². The summed E-state index contributed by atoms with van der Waals surface area (Å²) in [6.45, 7) is 8.46. The maximum atomic E-state index is 11.3. The minimum Gasteiger partial charge on any atom is -0.327 e. The Balaban J connectivity index is 4.44. The number of nitrogens with one attached hydrogen (secondary N) is 1. The summed E-state index contributed by atoms with van der Waals surface area (Å²) in [6, 6.07) is 0. The summed E-state index contributed by atoms with van der Waals surface area (Å²) < 4.78 is 5.53. The van der Waals surface area contributed by atoms with Gasteiger partial charge in [-0.2, -0.15) is 0 Å². The molecule has 0 spiro atoms. The van der Waals surface area contributed by atoms with Gasteiger partial charge in [0.15, 0.2) is 0 Å². The molecule has 0 rings (SSSR count). The molecule has 0 aromatic carbocycles. The fraction of sp³-hybridized carbons (Fsp3) is 0.889. The molecule has 0 heterocycles. The van der Waals surface area contributed by atoms with Gasteiger partial charge in [-0.3, -0.25) is 9.88 Å². The fourth-order valence-electron chi connectivity index (χ4n) is 0.802. The number of carbonyl (C=O) groups is 1. The Morgan fingerprint density at radius 2 is 2.13 bits per heavy atom. The molecule has 0 aliphatic heterocycles. The van der Waals surface area contributed by atoms with Gasteiger partial charge >= 0.3 is 0 Å². The molecule has 15 heavy (non-hydrogen) atoms. The van der Waals surface area contributed by atoms with E-state index < -0.39 is 5.62 Å². The van der Waals surface area contributed by atoms with E-state index in [9.17, 15) is 4.79 Å². The van der Waals surface area contributed by atoms with Gasteiger partial charge in [-0.15, -0.1) is 0 Å². The van der Waals surface area contributed by atoms with Crippen molar-refractivity contribution in [2.45, 2.75) is 45.8 Å². The molecule has 6 heteroatoms. The highest BCUT2D eigenvalue weighted by Gasteiger charge is 2.22. The highest BCUT2D eigenvalue weighted by molar-refractivity contribution is 8.69. The minimum atomic E-state index is -2.21. The highest BCUT2D eigenvalue weighted by atomic mass is 32.9. The summed E-state index contributed by atoms with van der Waals surface area (Å²) >= 11 is 6.99. The summed E-state index contributed by atoms with van der Waals surface area (Å²) in [5.74, 6) is -0.0254. The van der Waals surface area contributed by atoms with Crippen molar-refractivity contribution < 1.29 is 9.32 Å². The Kier molecular flexibility index (Phi) is 7.88. The average Bonchev–Trinajstić information content (AvgIpc) is 2.17. The summed E-state index contributed by atoms with van der Waals surface area (Å²) in [6.07, 6.45) is 1.48. The third-order valence-corrected chi connectivity index (χ3v) is 7.73. The van der Waals surface area contributed by atoms with Crippen LogP contribution < -0.4 is 5.09 Å². The summed E-state index contributed by atoms with van der Waals surface area (Å²) in [5, 5.41) is 3.25. The molecule has 1 N–H and O–H groups in total. The van der Waals surface area contributed by atoms with Crippen LogP contribution in [0.4, 0.5) is 0 Å². The second-order valence-corrected chi connectivity index (χ2v) is 10.0. The van der Waals surface area contributed by atoms with Crippen LogP contribution in [0.1, 0.15) is 40.5 Å². The van der Waals surface area contributed by atoms with E-state index in [0.717, 1.165) is 6.42 Å². The quantitative estimate of drug-likeness (QED) is 0.720. The lowest BCUT2D eigenvalue weighted by atomic mass is 10.4. The van der Waals surface area contributed by atoms with Gasteiger partial charge in [-0.25, -0.2) is 0 Å². The zero-order chi connectivity index (χ0) is 11.9. The first-order chi connectivity index (χ1) is 6.97. The third kappa shape index (κ3) is 6.56. The summed E-state index contributed by atoms with van der Waals surface area (Å²) in [4.78, 5) is 11.3. The molecule has 0 aliphatic carbocycles. The maximum Gasteiger partial charge on any atom is 0.225 e. The molecule has 90 valence electrons. The van der Waals surface area contributed by atoms with Crippen LogP contribution in [0.5, 0.6) is 0 Å². The van der Waals surface area contributed by atoms with Crippen LogP contribution in [0, 0.1) is 0 Å². The molecule has 0 saturated heterocycles. The predicted octanol–water partition coefficient (Wildman–Crippen LogP) is 3.31. The molecule has 2 unspecified atom stereocenters. The van der Waals surface area contributed by atoms with E-state index >= 15 is 0 Å². The minimum absolute atomic E-state index is 0.0254. The predicted molar refractivity (Wildman–Crippen MR) is 71.7 cm³/mol. The molecule has 0 fully saturated rings. The van der Waals surface area contributed by atoms with Crippen molar-refractivity contribution in [2.75, 3.05) is 6.61 Å². The van der Waals surface area contributed by atoms with E-state index in [4.69, 9.17) is 16.3 Å². The molecular weight excluding hydrogens is 249 g/mol. The Morgan fingerprint density at radius 3 is 2.53 bits per heavy atom. The Bertz CT molecular complexity index is 248. The van der Waals surface area contributed by atoms with E-state index in [1.807, 2.05) is 13.8 Å². The number of hydrogen-bond acceptors (Lipinski definition) is 4. The van der Waals surface area contributed by atoms with E-state index in [1.165, 1.54) is 0 Å². The summed E-state index contributed by atoms with van der Waals surface area (Å²) in [7, 11) is 0. The van der Waals surface area contributed by atoms with E-state index in [1.54, 1.807) is 11.4 Å². The van der Waals surface area contributed by atoms with Crippen LogP contribution in [0.15, 0.2) is 0 Å². The standard InChI is InChI=1S/C9H20NO2PS2/c1-5-8(4)15-13(14,12-7-3)10-9(11)6-2/h8H,5-7H2,1-4H3,(H,10,11,14). The maximum absolute atomic E-state index is 11.3. The molecule has 0 aliphatic rings. The number of carbonyl (C=O) groups excluding carboxylic acids is 1. The lowest BCUT2D eigenvalue weighted by Crippen LogP contribution is -2.19. The molecule has 1 amide bonds.